The summed E-state index contributed by atoms with van der Waals surface area (Å²) in [7, 11) is 0. The van der Waals surface area contributed by atoms with E-state index in [1.54, 1.807) is 0 Å². The third-order valence-corrected chi connectivity index (χ3v) is 12.3. The highest BCUT2D eigenvalue weighted by atomic mass is 16.3. The quantitative estimate of drug-likeness (QED) is 0.168. The van der Waals surface area contributed by atoms with Crippen LogP contribution < -0.4 is 0 Å². The van der Waals surface area contributed by atoms with Crippen molar-refractivity contribution in [2.45, 2.75) is 0 Å². The number of rotatable bonds is 6. The van der Waals surface area contributed by atoms with Gasteiger partial charge in [-0.2, -0.15) is 0 Å². The predicted octanol–water partition coefficient (Wildman–Crippen LogP) is 14.6. The van der Waals surface area contributed by atoms with Crippen LogP contribution in [-0.2, 0) is 0 Å². The van der Waals surface area contributed by atoms with Crippen LogP contribution in [0.2, 0.25) is 0 Å². The van der Waals surface area contributed by atoms with Crippen LogP contribution in [0.15, 0.2) is 217 Å². The molecule has 9 aromatic carbocycles. The molecule has 0 aliphatic carbocycles. The summed E-state index contributed by atoms with van der Waals surface area (Å²) in [4.78, 5) is 15.2. The van der Waals surface area contributed by atoms with Crippen LogP contribution in [0.4, 0.5) is 0 Å². The maximum absolute atomic E-state index is 6.53. The number of benzene rings is 9. The first-order chi connectivity index (χ1) is 31.2. The predicted molar refractivity (Wildman–Crippen MR) is 258 cm³/mol. The van der Waals surface area contributed by atoms with Crippen molar-refractivity contribution in [3.63, 3.8) is 0 Å². The van der Waals surface area contributed by atoms with Gasteiger partial charge in [0, 0.05) is 66.4 Å². The third-order valence-electron chi connectivity index (χ3n) is 12.3. The molecule has 0 aliphatic heterocycles. The summed E-state index contributed by atoms with van der Waals surface area (Å²) in [6.45, 7) is 0. The van der Waals surface area contributed by atoms with E-state index in [-0.39, 0.29) is 0 Å². The van der Waals surface area contributed by atoms with Gasteiger partial charge in [-0.05, 0) is 59.7 Å². The summed E-state index contributed by atoms with van der Waals surface area (Å²) in [5, 5.41) is 6.93. The van der Waals surface area contributed by atoms with Crippen LogP contribution in [0, 0.1) is 0 Å². The lowest BCUT2D eigenvalue weighted by atomic mass is 10.0. The number of aromatic nitrogens is 5. The molecule has 0 N–H and O–H groups in total. The van der Waals surface area contributed by atoms with Crippen LogP contribution in [-0.4, -0.2) is 24.1 Å². The first kappa shape index (κ1) is 35.2. The fourth-order valence-corrected chi connectivity index (χ4v) is 9.42. The Bertz CT molecular complexity index is 3850. The Morgan fingerprint density at radius 3 is 1.54 bits per heavy atom. The zero-order valence-electron chi connectivity index (χ0n) is 33.9. The van der Waals surface area contributed by atoms with E-state index in [4.69, 9.17) is 19.4 Å². The van der Waals surface area contributed by atoms with Crippen molar-refractivity contribution >= 4 is 65.6 Å². The van der Waals surface area contributed by atoms with Crippen LogP contribution in [0.1, 0.15) is 0 Å². The van der Waals surface area contributed by atoms with Crippen molar-refractivity contribution < 1.29 is 4.42 Å². The fraction of sp³-hybridized carbons (Fsp3) is 0. The fourth-order valence-electron chi connectivity index (χ4n) is 9.42. The average Bonchev–Trinajstić information content (AvgIpc) is 4.00. The molecule has 6 heteroatoms. The molecule has 0 radical (unpaired) electrons. The number of fused-ring (bicyclic) bond motifs is 9. The van der Waals surface area contributed by atoms with E-state index in [9.17, 15) is 0 Å². The Morgan fingerprint density at radius 1 is 0.270 bits per heavy atom. The molecule has 6 nitrogen and oxygen atoms in total. The summed E-state index contributed by atoms with van der Waals surface area (Å²) in [5.74, 6) is 1.85. The lowest BCUT2D eigenvalue weighted by Crippen LogP contribution is -2.01. The smallest absolute Gasteiger partial charge is 0.164 e. The second-order valence-corrected chi connectivity index (χ2v) is 16.0. The highest BCUT2D eigenvalue weighted by Crippen LogP contribution is 2.41. The van der Waals surface area contributed by atoms with Gasteiger partial charge >= 0.3 is 0 Å². The van der Waals surface area contributed by atoms with Crippen LogP contribution in [0.5, 0.6) is 0 Å². The van der Waals surface area contributed by atoms with Crippen molar-refractivity contribution in [3.05, 3.63) is 212 Å². The maximum atomic E-state index is 6.53. The lowest BCUT2D eigenvalue weighted by Gasteiger charge is -2.13. The van der Waals surface area contributed by atoms with Gasteiger partial charge in [-0.25, -0.2) is 15.0 Å². The number of hydrogen-bond donors (Lipinski definition) is 0. The first-order valence-electron chi connectivity index (χ1n) is 21.2. The largest absolute Gasteiger partial charge is 0.456 e. The summed E-state index contributed by atoms with van der Waals surface area (Å²) in [6.07, 6.45) is 0. The zero-order chi connectivity index (χ0) is 41.4. The van der Waals surface area contributed by atoms with Gasteiger partial charge in [0.25, 0.3) is 0 Å². The molecule has 0 unspecified atom stereocenters. The number of para-hydroxylation sites is 2. The Balaban J connectivity index is 1.07. The summed E-state index contributed by atoms with van der Waals surface area (Å²) in [6, 6.07) is 74.6. The minimum atomic E-state index is 0.602. The molecule has 4 aromatic heterocycles. The van der Waals surface area contributed by atoms with Gasteiger partial charge in [0.1, 0.15) is 11.2 Å². The van der Waals surface area contributed by atoms with E-state index >= 15 is 0 Å². The Kier molecular flexibility index (Phi) is 7.80. The SMILES string of the molecule is c1ccc(-c2ccc3c4ccccc4n(-c4ccc5c6cc7c(cc6n(-c6cccc(-c8nc(-c9ccccc9)nc(-c9ccccc9)n8)c6)c5c4)oc4ccccc47)c3c2)cc1. The maximum Gasteiger partial charge on any atom is 0.164 e. The third kappa shape index (κ3) is 5.69. The van der Waals surface area contributed by atoms with Gasteiger partial charge in [0.15, 0.2) is 17.5 Å². The van der Waals surface area contributed by atoms with Crippen molar-refractivity contribution in [3.8, 4) is 56.7 Å². The Hall–Kier alpha value is -8.61. The average molecular weight is 806 g/mol. The van der Waals surface area contributed by atoms with E-state index in [1.807, 2.05) is 72.8 Å². The van der Waals surface area contributed by atoms with E-state index < -0.39 is 0 Å². The lowest BCUT2D eigenvalue weighted by molar-refractivity contribution is 0.669. The molecule has 0 fully saturated rings. The van der Waals surface area contributed by atoms with Gasteiger partial charge in [-0.3, -0.25) is 0 Å². The molecule has 294 valence electrons. The van der Waals surface area contributed by atoms with Gasteiger partial charge in [0.05, 0.1) is 22.1 Å². The summed E-state index contributed by atoms with van der Waals surface area (Å²) >= 11 is 0. The molecule has 0 bridgehead atoms. The molecule has 13 aromatic rings. The van der Waals surface area contributed by atoms with Crippen molar-refractivity contribution in [1.82, 2.24) is 24.1 Å². The number of nitrogens with zero attached hydrogens (tertiary/aromatic N) is 5. The molecule has 13 rings (SSSR count). The Labute approximate surface area is 361 Å². The standard InChI is InChI=1S/C57H35N5O/c1-4-15-36(16-5-1)39-27-29-44-43-23-10-12-25-49(43)61(50(44)32-39)42-28-30-45-47-34-48-46-24-11-13-26-53(46)63-54(48)35-52(47)62(51(45)33-42)41-22-14-21-40(31-41)57-59-55(37-17-6-2-7-18-37)58-56(60-57)38-19-8-3-9-20-38/h1-35H. The van der Waals surface area contributed by atoms with Crippen LogP contribution in [0.25, 0.3) is 122 Å². The van der Waals surface area contributed by atoms with E-state index in [2.05, 4.69) is 149 Å². The zero-order valence-corrected chi connectivity index (χ0v) is 33.9. The molecule has 4 heterocycles. The van der Waals surface area contributed by atoms with E-state index in [0.29, 0.717) is 17.5 Å². The number of furan rings is 1. The highest BCUT2D eigenvalue weighted by molar-refractivity contribution is 6.18. The monoisotopic (exact) mass is 805 g/mol. The molecule has 0 aliphatic rings. The van der Waals surface area contributed by atoms with Gasteiger partial charge in [-0.1, -0.05) is 158 Å². The van der Waals surface area contributed by atoms with Crippen molar-refractivity contribution in [2.75, 3.05) is 0 Å². The number of hydrogen-bond acceptors (Lipinski definition) is 4. The molecule has 0 amide bonds. The second-order valence-electron chi connectivity index (χ2n) is 16.0. The second kappa shape index (κ2) is 14.0. The summed E-state index contributed by atoms with van der Waals surface area (Å²) < 4.78 is 11.3. The normalized spacial score (nSPS) is 11.8. The Morgan fingerprint density at radius 2 is 0.794 bits per heavy atom. The van der Waals surface area contributed by atoms with E-state index in [0.717, 1.165) is 82.8 Å². The van der Waals surface area contributed by atoms with Gasteiger partial charge in [-0.15, -0.1) is 0 Å². The van der Waals surface area contributed by atoms with Gasteiger partial charge < -0.3 is 13.6 Å². The minimum Gasteiger partial charge on any atom is -0.456 e. The molecule has 0 spiro atoms. The van der Waals surface area contributed by atoms with E-state index in [1.165, 1.54) is 21.9 Å². The molecule has 0 saturated carbocycles. The van der Waals surface area contributed by atoms with Crippen molar-refractivity contribution in [2.24, 2.45) is 0 Å². The molecule has 63 heavy (non-hydrogen) atoms. The van der Waals surface area contributed by atoms with Crippen molar-refractivity contribution in [1.29, 1.82) is 0 Å². The highest BCUT2D eigenvalue weighted by Gasteiger charge is 2.21. The molecular weight excluding hydrogens is 771 g/mol. The first-order valence-corrected chi connectivity index (χ1v) is 21.2. The molecule has 0 atom stereocenters. The minimum absolute atomic E-state index is 0.602. The summed E-state index contributed by atoms with van der Waals surface area (Å²) in [5.41, 5.74) is 13.3. The van der Waals surface area contributed by atoms with Gasteiger partial charge in [0.2, 0.25) is 0 Å². The van der Waals surface area contributed by atoms with Crippen LogP contribution >= 0.6 is 0 Å². The van der Waals surface area contributed by atoms with Crippen LogP contribution in [0.3, 0.4) is 0 Å². The molecular formula is C57H35N5O. The molecule has 0 saturated heterocycles. The topological polar surface area (TPSA) is 61.7 Å².